The lowest BCUT2D eigenvalue weighted by atomic mass is 10.1. The minimum Gasteiger partial charge on any atom is -0.507 e. The van der Waals surface area contributed by atoms with E-state index in [0.29, 0.717) is 10.7 Å². The number of halogens is 1. The Morgan fingerprint density at radius 3 is 2.62 bits per heavy atom. The first-order valence-electron chi connectivity index (χ1n) is 6.43. The largest absolute Gasteiger partial charge is 0.507 e. The van der Waals surface area contributed by atoms with E-state index in [1.807, 2.05) is 42.5 Å². The summed E-state index contributed by atoms with van der Waals surface area (Å²) in [4.78, 5) is 12.3. The highest BCUT2D eigenvalue weighted by atomic mass is 35.5. The van der Waals surface area contributed by atoms with Crippen LogP contribution in [0.15, 0.2) is 60.7 Å². The molecule has 0 bridgehead atoms. The van der Waals surface area contributed by atoms with Crippen molar-refractivity contribution < 1.29 is 9.90 Å². The quantitative estimate of drug-likeness (QED) is 0.734. The first-order chi connectivity index (χ1) is 10.1. The maximum atomic E-state index is 12.3. The van der Waals surface area contributed by atoms with Gasteiger partial charge in [-0.25, -0.2) is 0 Å². The average Bonchev–Trinajstić information content (AvgIpc) is 2.50. The fourth-order valence-corrected chi connectivity index (χ4v) is 2.39. The molecule has 104 valence electrons. The zero-order valence-electron chi connectivity index (χ0n) is 11.0. The van der Waals surface area contributed by atoms with Gasteiger partial charge in [-0.15, -0.1) is 0 Å². The van der Waals surface area contributed by atoms with E-state index < -0.39 is 5.91 Å². The molecule has 0 saturated heterocycles. The van der Waals surface area contributed by atoms with Gasteiger partial charge in [-0.05, 0) is 29.7 Å². The second-order valence-electron chi connectivity index (χ2n) is 4.64. The number of nitrogens with one attached hydrogen (secondary N) is 1. The highest BCUT2D eigenvalue weighted by Gasteiger charge is 2.13. The highest BCUT2D eigenvalue weighted by molar-refractivity contribution is 6.31. The second-order valence-corrected chi connectivity index (χ2v) is 5.08. The van der Waals surface area contributed by atoms with Gasteiger partial charge >= 0.3 is 0 Å². The summed E-state index contributed by atoms with van der Waals surface area (Å²) >= 11 is 5.87. The summed E-state index contributed by atoms with van der Waals surface area (Å²) in [5.74, 6) is -0.497. The number of hydrogen-bond donors (Lipinski definition) is 2. The molecule has 2 N–H and O–H groups in total. The van der Waals surface area contributed by atoms with E-state index in [0.717, 1.165) is 10.8 Å². The number of amides is 1. The monoisotopic (exact) mass is 297 g/mol. The van der Waals surface area contributed by atoms with Crippen molar-refractivity contribution in [3.8, 4) is 5.75 Å². The van der Waals surface area contributed by atoms with Crippen LogP contribution in [0.2, 0.25) is 5.02 Å². The van der Waals surface area contributed by atoms with E-state index in [1.165, 1.54) is 18.2 Å². The van der Waals surface area contributed by atoms with E-state index in [-0.39, 0.29) is 11.3 Å². The van der Waals surface area contributed by atoms with Gasteiger partial charge in [0.2, 0.25) is 0 Å². The van der Waals surface area contributed by atoms with E-state index in [4.69, 9.17) is 11.6 Å². The molecule has 3 aromatic rings. The zero-order chi connectivity index (χ0) is 14.8. The fourth-order valence-electron chi connectivity index (χ4n) is 2.21. The topological polar surface area (TPSA) is 49.3 Å². The number of anilines is 1. The van der Waals surface area contributed by atoms with Gasteiger partial charge in [-0.2, -0.15) is 0 Å². The van der Waals surface area contributed by atoms with Crippen molar-refractivity contribution in [2.45, 2.75) is 0 Å². The van der Waals surface area contributed by atoms with Crippen molar-refractivity contribution >= 4 is 34.0 Å². The smallest absolute Gasteiger partial charge is 0.259 e. The molecule has 0 saturated carbocycles. The molecule has 0 atom stereocenters. The summed E-state index contributed by atoms with van der Waals surface area (Å²) in [5.41, 5.74) is 0.841. The highest BCUT2D eigenvalue weighted by Crippen LogP contribution is 2.26. The first kappa shape index (κ1) is 13.5. The average molecular weight is 298 g/mol. The maximum absolute atomic E-state index is 12.3. The zero-order valence-corrected chi connectivity index (χ0v) is 11.8. The van der Waals surface area contributed by atoms with Crippen molar-refractivity contribution in [3.05, 3.63) is 71.2 Å². The Kier molecular flexibility index (Phi) is 3.50. The Hall–Kier alpha value is -2.52. The summed E-state index contributed by atoms with van der Waals surface area (Å²) in [5, 5.41) is 15.0. The van der Waals surface area contributed by atoms with Crippen LogP contribution in [0.5, 0.6) is 5.75 Å². The number of hydrogen-bond acceptors (Lipinski definition) is 2. The molecule has 21 heavy (non-hydrogen) atoms. The van der Waals surface area contributed by atoms with Gasteiger partial charge in [0, 0.05) is 16.1 Å². The lowest BCUT2D eigenvalue weighted by Crippen LogP contribution is -2.12. The number of carbonyl (C=O) groups is 1. The molecular weight excluding hydrogens is 286 g/mol. The number of rotatable bonds is 2. The van der Waals surface area contributed by atoms with Gasteiger partial charge in [0.05, 0.1) is 5.56 Å². The number of benzene rings is 3. The fraction of sp³-hybridized carbons (Fsp3) is 0. The standard InChI is InChI=1S/C17H12ClNO2/c18-12-8-9-16(20)14(10-12)17(21)19-15-7-3-5-11-4-1-2-6-13(11)15/h1-10,20H,(H,19,21). The molecule has 0 aromatic heterocycles. The van der Waals surface area contributed by atoms with Crippen LogP contribution < -0.4 is 5.32 Å². The van der Waals surface area contributed by atoms with Gasteiger partial charge in [-0.3, -0.25) is 4.79 Å². The van der Waals surface area contributed by atoms with Gasteiger partial charge in [0.15, 0.2) is 0 Å². The third-order valence-corrected chi connectivity index (χ3v) is 3.48. The van der Waals surface area contributed by atoms with E-state index in [9.17, 15) is 9.90 Å². The molecular formula is C17H12ClNO2. The summed E-state index contributed by atoms with van der Waals surface area (Å²) in [6.07, 6.45) is 0. The molecule has 3 aromatic carbocycles. The molecule has 0 aliphatic heterocycles. The minimum absolute atomic E-state index is 0.0999. The lowest BCUT2D eigenvalue weighted by molar-refractivity contribution is 0.102. The molecule has 0 aliphatic carbocycles. The van der Waals surface area contributed by atoms with Gasteiger partial charge in [0.25, 0.3) is 5.91 Å². The summed E-state index contributed by atoms with van der Waals surface area (Å²) in [7, 11) is 0. The lowest BCUT2D eigenvalue weighted by Gasteiger charge is -2.10. The Balaban J connectivity index is 1.99. The predicted molar refractivity (Wildman–Crippen MR) is 85.0 cm³/mol. The van der Waals surface area contributed by atoms with Crippen LogP contribution in [0.3, 0.4) is 0 Å². The molecule has 4 heteroatoms. The number of fused-ring (bicyclic) bond motifs is 1. The van der Waals surface area contributed by atoms with E-state index >= 15 is 0 Å². The number of carbonyl (C=O) groups excluding carboxylic acids is 1. The molecule has 0 heterocycles. The Bertz CT molecular complexity index is 825. The van der Waals surface area contributed by atoms with Crippen molar-refractivity contribution in [1.29, 1.82) is 0 Å². The Morgan fingerprint density at radius 1 is 1.00 bits per heavy atom. The molecule has 0 spiro atoms. The summed E-state index contributed by atoms with van der Waals surface area (Å²) in [6, 6.07) is 17.8. The molecule has 0 fully saturated rings. The Morgan fingerprint density at radius 2 is 1.76 bits per heavy atom. The van der Waals surface area contributed by atoms with Gasteiger partial charge < -0.3 is 10.4 Å². The van der Waals surface area contributed by atoms with Gasteiger partial charge in [0.1, 0.15) is 5.75 Å². The van der Waals surface area contributed by atoms with Crippen LogP contribution in [-0.4, -0.2) is 11.0 Å². The molecule has 0 radical (unpaired) electrons. The van der Waals surface area contributed by atoms with Crippen molar-refractivity contribution in [2.24, 2.45) is 0 Å². The summed E-state index contributed by atoms with van der Waals surface area (Å²) < 4.78 is 0. The first-order valence-corrected chi connectivity index (χ1v) is 6.80. The number of aromatic hydroxyl groups is 1. The van der Waals surface area contributed by atoms with Crippen LogP contribution in [0.1, 0.15) is 10.4 Å². The molecule has 0 aliphatic rings. The number of phenolic OH excluding ortho intramolecular Hbond substituents is 1. The molecule has 3 nitrogen and oxygen atoms in total. The third-order valence-electron chi connectivity index (χ3n) is 3.24. The van der Waals surface area contributed by atoms with E-state index in [1.54, 1.807) is 0 Å². The van der Waals surface area contributed by atoms with Crippen molar-refractivity contribution in [2.75, 3.05) is 5.32 Å². The predicted octanol–water partition coefficient (Wildman–Crippen LogP) is 4.45. The van der Waals surface area contributed by atoms with E-state index in [2.05, 4.69) is 5.32 Å². The van der Waals surface area contributed by atoms with Crippen molar-refractivity contribution in [3.63, 3.8) is 0 Å². The SMILES string of the molecule is O=C(Nc1cccc2ccccc12)c1cc(Cl)ccc1O. The van der Waals surface area contributed by atoms with Gasteiger partial charge in [-0.1, -0.05) is 48.0 Å². The molecule has 0 unspecified atom stereocenters. The minimum atomic E-state index is -0.397. The van der Waals surface area contributed by atoms with Crippen LogP contribution >= 0.6 is 11.6 Å². The van der Waals surface area contributed by atoms with Crippen LogP contribution in [0.4, 0.5) is 5.69 Å². The molecule has 1 amide bonds. The normalized spacial score (nSPS) is 10.5. The maximum Gasteiger partial charge on any atom is 0.259 e. The Labute approximate surface area is 126 Å². The second kappa shape index (κ2) is 5.46. The van der Waals surface area contributed by atoms with Crippen LogP contribution in [0, 0.1) is 0 Å². The molecule has 3 rings (SSSR count). The van der Waals surface area contributed by atoms with Crippen LogP contribution in [0.25, 0.3) is 10.8 Å². The number of phenols is 1. The summed E-state index contributed by atoms with van der Waals surface area (Å²) in [6.45, 7) is 0. The van der Waals surface area contributed by atoms with Crippen LogP contribution in [-0.2, 0) is 0 Å². The third kappa shape index (κ3) is 2.69. The van der Waals surface area contributed by atoms with Crippen molar-refractivity contribution in [1.82, 2.24) is 0 Å².